The Bertz CT molecular complexity index is 543. The molecular weight excluding hydrogens is 267 g/mol. The minimum absolute atomic E-state index is 0.114. The maximum absolute atomic E-state index is 13.6. The molecule has 0 heterocycles. The summed E-state index contributed by atoms with van der Waals surface area (Å²) in [6, 6.07) is 2.24. The Morgan fingerprint density at radius 2 is 2.12 bits per heavy atom. The average Bonchev–Trinajstić information content (AvgIpc) is 3.04. The molecule has 17 heavy (non-hydrogen) atoms. The predicted octanol–water partition coefficient (Wildman–Crippen LogP) is 1.75. The van der Waals surface area contributed by atoms with Gasteiger partial charge in [-0.2, -0.15) is 0 Å². The molecule has 0 radical (unpaired) electrons. The standard InChI is InChI=1S/C10H12ClFN2O2S/c11-8-3-7(13)4-9(10(8)12)17(15,16)14-5-6-1-2-6/h3-4,6,14H,1-2,5,13H2. The first-order valence-corrected chi connectivity index (χ1v) is 7.00. The fourth-order valence-electron chi connectivity index (χ4n) is 1.41. The van der Waals surface area contributed by atoms with Crippen LogP contribution in [0.1, 0.15) is 12.8 Å². The van der Waals surface area contributed by atoms with Crippen LogP contribution >= 0.6 is 11.6 Å². The molecule has 94 valence electrons. The van der Waals surface area contributed by atoms with Gasteiger partial charge in [-0.3, -0.25) is 0 Å². The number of benzene rings is 1. The summed E-state index contributed by atoms with van der Waals surface area (Å²) >= 11 is 5.55. The van der Waals surface area contributed by atoms with Crippen LogP contribution in [0.5, 0.6) is 0 Å². The Kier molecular flexibility index (Phi) is 3.29. The van der Waals surface area contributed by atoms with E-state index >= 15 is 0 Å². The van der Waals surface area contributed by atoms with Crippen molar-refractivity contribution in [2.45, 2.75) is 17.7 Å². The lowest BCUT2D eigenvalue weighted by Gasteiger charge is -2.08. The molecule has 1 aromatic carbocycles. The minimum atomic E-state index is -3.88. The number of halogens is 2. The molecular formula is C10H12ClFN2O2S. The van der Waals surface area contributed by atoms with Gasteiger partial charge in [0.1, 0.15) is 4.90 Å². The van der Waals surface area contributed by atoms with Gasteiger partial charge in [-0.1, -0.05) is 11.6 Å². The molecule has 0 unspecified atom stereocenters. The fourth-order valence-corrected chi connectivity index (χ4v) is 2.94. The molecule has 1 aliphatic carbocycles. The van der Waals surface area contributed by atoms with Gasteiger partial charge in [-0.15, -0.1) is 0 Å². The van der Waals surface area contributed by atoms with Crippen LogP contribution in [0, 0.1) is 11.7 Å². The van der Waals surface area contributed by atoms with E-state index in [2.05, 4.69) is 4.72 Å². The lowest BCUT2D eigenvalue weighted by atomic mass is 10.3. The van der Waals surface area contributed by atoms with Crippen LogP contribution in [-0.4, -0.2) is 15.0 Å². The molecule has 7 heteroatoms. The van der Waals surface area contributed by atoms with Crippen LogP contribution in [0.4, 0.5) is 10.1 Å². The third-order valence-corrected chi connectivity index (χ3v) is 4.26. The predicted molar refractivity (Wildman–Crippen MR) is 63.7 cm³/mol. The summed E-state index contributed by atoms with van der Waals surface area (Å²) in [5.74, 6) is -0.603. The number of sulfonamides is 1. The minimum Gasteiger partial charge on any atom is -0.399 e. The van der Waals surface area contributed by atoms with Gasteiger partial charge in [0.05, 0.1) is 5.02 Å². The molecule has 0 atom stereocenters. The molecule has 1 aliphatic rings. The van der Waals surface area contributed by atoms with Gasteiger partial charge >= 0.3 is 0 Å². The highest BCUT2D eigenvalue weighted by atomic mass is 35.5. The first-order valence-electron chi connectivity index (χ1n) is 5.14. The second kappa shape index (κ2) is 4.44. The molecule has 1 saturated carbocycles. The largest absolute Gasteiger partial charge is 0.399 e. The number of rotatable bonds is 4. The van der Waals surface area contributed by atoms with Crippen molar-refractivity contribution < 1.29 is 12.8 Å². The quantitative estimate of drug-likeness (QED) is 0.824. The van der Waals surface area contributed by atoms with E-state index < -0.39 is 20.7 Å². The van der Waals surface area contributed by atoms with Crippen molar-refractivity contribution in [3.63, 3.8) is 0 Å². The van der Waals surface area contributed by atoms with Crippen LogP contribution in [0.3, 0.4) is 0 Å². The molecule has 2 rings (SSSR count). The molecule has 0 saturated heterocycles. The van der Waals surface area contributed by atoms with Crippen molar-refractivity contribution in [2.75, 3.05) is 12.3 Å². The zero-order chi connectivity index (χ0) is 12.6. The molecule has 0 bridgehead atoms. The number of anilines is 1. The summed E-state index contributed by atoms with van der Waals surface area (Å²) in [5.41, 5.74) is 5.56. The molecule has 1 fully saturated rings. The van der Waals surface area contributed by atoms with Crippen molar-refractivity contribution in [1.29, 1.82) is 0 Å². The highest BCUT2D eigenvalue weighted by Gasteiger charge is 2.26. The Hall–Kier alpha value is -0.850. The summed E-state index contributed by atoms with van der Waals surface area (Å²) in [7, 11) is -3.88. The number of nitrogens with one attached hydrogen (secondary N) is 1. The van der Waals surface area contributed by atoms with Crippen molar-refractivity contribution in [2.24, 2.45) is 5.92 Å². The molecule has 0 spiro atoms. The van der Waals surface area contributed by atoms with Gasteiger partial charge in [0.15, 0.2) is 5.82 Å². The third-order valence-electron chi connectivity index (χ3n) is 2.57. The highest BCUT2D eigenvalue weighted by molar-refractivity contribution is 7.89. The third kappa shape index (κ3) is 2.88. The van der Waals surface area contributed by atoms with E-state index in [1.165, 1.54) is 6.07 Å². The fraction of sp³-hybridized carbons (Fsp3) is 0.400. The first-order chi connectivity index (χ1) is 7.90. The monoisotopic (exact) mass is 278 g/mol. The van der Waals surface area contributed by atoms with E-state index in [-0.39, 0.29) is 10.7 Å². The number of nitrogen functional groups attached to an aromatic ring is 1. The lowest BCUT2D eigenvalue weighted by Crippen LogP contribution is -2.26. The van der Waals surface area contributed by atoms with Crippen LogP contribution < -0.4 is 10.5 Å². The SMILES string of the molecule is Nc1cc(Cl)c(F)c(S(=O)(=O)NCC2CC2)c1. The Morgan fingerprint density at radius 1 is 1.47 bits per heavy atom. The molecule has 3 N–H and O–H groups in total. The van der Waals surface area contributed by atoms with Gasteiger partial charge in [-0.05, 0) is 30.9 Å². The second-order valence-electron chi connectivity index (χ2n) is 4.11. The summed E-state index contributed by atoms with van der Waals surface area (Å²) < 4.78 is 39.6. The van der Waals surface area contributed by atoms with E-state index in [4.69, 9.17) is 17.3 Å². The van der Waals surface area contributed by atoms with Gasteiger partial charge < -0.3 is 5.73 Å². The summed E-state index contributed by atoms with van der Waals surface area (Å²) in [4.78, 5) is -0.497. The summed E-state index contributed by atoms with van der Waals surface area (Å²) in [6.07, 6.45) is 2.01. The average molecular weight is 279 g/mol. The number of nitrogens with two attached hydrogens (primary N) is 1. The van der Waals surface area contributed by atoms with Crippen LogP contribution in [0.25, 0.3) is 0 Å². The molecule has 0 aliphatic heterocycles. The van der Waals surface area contributed by atoms with Crippen molar-refractivity contribution in [3.05, 3.63) is 23.0 Å². The van der Waals surface area contributed by atoms with Crippen LogP contribution in [0.2, 0.25) is 5.02 Å². The van der Waals surface area contributed by atoms with E-state index in [9.17, 15) is 12.8 Å². The topological polar surface area (TPSA) is 72.2 Å². The van der Waals surface area contributed by atoms with Crippen molar-refractivity contribution >= 4 is 27.3 Å². The number of hydrogen-bond donors (Lipinski definition) is 2. The number of hydrogen-bond acceptors (Lipinski definition) is 3. The zero-order valence-electron chi connectivity index (χ0n) is 8.91. The molecule has 0 amide bonds. The van der Waals surface area contributed by atoms with Gasteiger partial charge in [0.25, 0.3) is 0 Å². The van der Waals surface area contributed by atoms with Gasteiger partial charge in [0, 0.05) is 12.2 Å². The van der Waals surface area contributed by atoms with E-state index in [0.717, 1.165) is 18.9 Å². The van der Waals surface area contributed by atoms with Crippen molar-refractivity contribution in [1.82, 2.24) is 4.72 Å². The van der Waals surface area contributed by atoms with Crippen molar-refractivity contribution in [3.8, 4) is 0 Å². The maximum atomic E-state index is 13.6. The zero-order valence-corrected chi connectivity index (χ0v) is 10.5. The Morgan fingerprint density at radius 3 is 2.71 bits per heavy atom. The molecule has 1 aromatic rings. The molecule has 4 nitrogen and oxygen atoms in total. The second-order valence-corrected chi connectivity index (χ2v) is 6.25. The van der Waals surface area contributed by atoms with E-state index in [0.29, 0.717) is 12.5 Å². The van der Waals surface area contributed by atoms with Crippen LogP contribution in [-0.2, 0) is 10.0 Å². The highest BCUT2D eigenvalue weighted by Crippen LogP contribution is 2.29. The Balaban J connectivity index is 2.30. The smallest absolute Gasteiger partial charge is 0.243 e. The Labute approximate surface area is 104 Å². The van der Waals surface area contributed by atoms with E-state index in [1.807, 2.05) is 0 Å². The van der Waals surface area contributed by atoms with Gasteiger partial charge in [0.2, 0.25) is 10.0 Å². The summed E-state index contributed by atoms with van der Waals surface area (Å²) in [6.45, 7) is 0.328. The molecule has 0 aromatic heterocycles. The van der Waals surface area contributed by atoms with Gasteiger partial charge in [-0.25, -0.2) is 17.5 Å². The first kappa shape index (κ1) is 12.6. The summed E-state index contributed by atoms with van der Waals surface area (Å²) in [5, 5.41) is -0.295. The van der Waals surface area contributed by atoms with E-state index in [1.54, 1.807) is 0 Å². The normalized spacial score (nSPS) is 16.1. The maximum Gasteiger partial charge on any atom is 0.243 e. The lowest BCUT2D eigenvalue weighted by molar-refractivity contribution is 0.555. The van der Waals surface area contributed by atoms with Crippen LogP contribution in [0.15, 0.2) is 17.0 Å².